The summed E-state index contributed by atoms with van der Waals surface area (Å²) in [6.45, 7) is 4.00. The third-order valence-electron chi connectivity index (χ3n) is 3.78. The third-order valence-corrected chi connectivity index (χ3v) is 4.27. The lowest BCUT2D eigenvalue weighted by atomic mass is 10.0. The molecule has 1 atom stereocenters. The van der Waals surface area contributed by atoms with Crippen LogP contribution in [0.3, 0.4) is 0 Å². The van der Waals surface area contributed by atoms with Crippen molar-refractivity contribution >= 4 is 33.3 Å². The van der Waals surface area contributed by atoms with Crippen LogP contribution < -0.4 is 10.6 Å². The van der Waals surface area contributed by atoms with Crippen molar-refractivity contribution in [3.63, 3.8) is 0 Å². The number of aromatic nitrogens is 1. The van der Waals surface area contributed by atoms with E-state index >= 15 is 0 Å². The van der Waals surface area contributed by atoms with Gasteiger partial charge in [-0.3, -0.25) is 4.98 Å². The number of anilines is 2. The van der Waals surface area contributed by atoms with E-state index in [1.54, 1.807) is 13.1 Å². The Labute approximate surface area is 149 Å². The molecule has 2 aromatic rings. The fraction of sp³-hybridized carbons (Fsp3) is 0.222. The largest absolute Gasteiger partial charge is 0.463 e. The number of rotatable bonds is 3. The molecule has 2 heterocycles. The van der Waals surface area contributed by atoms with Crippen LogP contribution in [-0.2, 0) is 9.53 Å². The normalized spacial score (nSPS) is 16.5. The molecule has 124 valence electrons. The second-order valence-electron chi connectivity index (χ2n) is 5.41. The van der Waals surface area contributed by atoms with Gasteiger partial charge in [-0.2, -0.15) is 0 Å². The van der Waals surface area contributed by atoms with Crippen LogP contribution in [0.1, 0.15) is 25.6 Å². The van der Waals surface area contributed by atoms with Crippen LogP contribution in [0, 0.1) is 0 Å². The number of benzene rings is 1. The van der Waals surface area contributed by atoms with E-state index in [-0.39, 0.29) is 12.0 Å². The summed E-state index contributed by atoms with van der Waals surface area (Å²) in [5.41, 5.74) is 3.82. The van der Waals surface area contributed by atoms with E-state index < -0.39 is 0 Å². The third kappa shape index (κ3) is 3.28. The molecule has 0 spiro atoms. The first-order valence-electron chi connectivity index (χ1n) is 7.72. The average Bonchev–Trinajstić information content (AvgIpc) is 2.71. The van der Waals surface area contributed by atoms with E-state index in [2.05, 4.69) is 31.5 Å². The molecule has 2 N–H and O–H groups in total. The number of carbonyl (C=O) groups excluding carboxylic acids is 1. The van der Waals surface area contributed by atoms with Gasteiger partial charge in [0, 0.05) is 16.4 Å². The number of nitrogens with one attached hydrogen (secondary N) is 2. The lowest BCUT2D eigenvalue weighted by molar-refractivity contribution is -0.138. The quantitative estimate of drug-likeness (QED) is 0.770. The molecule has 3 rings (SSSR count). The van der Waals surface area contributed by atoms with Gasteiger partial charge in [-0.25, -0.2) is 4.79 Å². The maximum absolute atomic E-state index is 12.6. The SMILES string of the molecule is CCOC(=O)C1=C(C)Nc2cc(Br)ccc2NC1c1ccccn1. The Bertz CT molecular complexity index is 790. The van der Waals surface area contributed by atoms with Gasteiger partial charge in [0.05, 0.1) is 29.2 Å². The van der Waals surface area contributed by atoms with Crippen LogP contribution in [0.15, 0.2) is 58.3 Å². The molecule has 6 heteroatoms. The molecule has 0 amide bonds. The molecule has 1 aromatic heterocycles. The Balaban J connectivity index is 2.12. The van der Waals surface area contributed by atoms with E-state index in [9.17, 15) is 4.79 Å². The maximum Gasteiger partial charge on any atom is 0.338 e. The highest BCUT2D eigenvalue weighted by atomic mass is 79.9. The lowest BCUT2D eigenvalue weighted by Gasteiger charge is -2.20. The standard InChI is InChI=1S/C18H18BrN3O2/c1-3-24-18(23)16-11(2)21-15-10-12(19)7-8-13(15)22-17(16)14-6-4-5-9-20-14/h4-10,17,21-22H,3H2,1-2H3. The van der Waals surface area contributed by atoms with E-state index in [1.807, 2.05) is 43.3 Å². The first kappa shape index (κ1) is 16.5. The van der Waals surface area contributed by atoms with Crippen molar-refractivity contribution < 1.29 is 9.53 Å². The van der Waals surface area contributed by atoms with Gasteiger partial charge in [0.2, 0.25) is 0 Å². The molecule has 1 aliphatic rings. The van der Waals surface area contributed by atoms with Gasteiger partial charge in [-0.1, -0.05) is 22.0 Å². The first-order valence-corrected chi connectivity index (χ1v) is 8.51. The smallest absolute Gasteiger partial charge is 0.338 e. The van der Waals surface area contributed by atoms with Crippen molar-refractivity contribution in [2.75, 3.05) is 17.2 Å². The molecular formula is C18H18BrN3O2. The minimum atomic E-state index is -0.389. The van der Waals surface area contributed by atoms with Crippen molar-refractivity contribution in [1.29, 1.82) is 0 Å². The van der Waals surface area contributed by atoms with E-state index in [0.29, 0.717) is 12.2 Å². The van der Waals surface area contributed by atoms with E-state index in [4.69, 9.17) is 4.74 Å². The monoisotopic (exact) mass is 387 g/mol. The van der Waals surface area contributed by atoms with Crippen LogP contribution in [0.25, 0.3) is 0 Å². The summed E-state index contributed by atoms with van der Waals surface area (Å²) in [7, 11) is 0. The van der Waals surface area contributed by atoms with Crippen LogP contribution in [0.5, 0.6) is 0 Å². The van der Waals surface area contributed by atoms with Crippen LogP contribution in [0.2, 0.25) is 0 Å². The zero-order valence-electron chi connectivity index (χ0n) is 13.5. The summed E-state index contributed by atoms with van der Waals surface area (Å²) >= 11 is 3.48. The van der Waals surface area contributed by atoms with Crippen molar-refractivity contribution in [2.24, 2.45) is 0 Å². The second-order valence-corrected chi connectivity index (χ2v) is 6.32. The number of carbonyl (C=O) groups is 1. The maximum atomic E-state index is 12.6. The predicted octanol–water partition coefficient (Wildman–Crippen LogP) is 4.26. The molecule has 0 radical (unpaired) electrons. The summed E-state index contributed by atoms with van der Waals surface area (Å²) in [6, 6.07) is 11.1. The fourth-order valence-electron chi connectivity index (χ4n) is 2.71. The number of nitrogens with zero attached hydrogens (tertiary/aromatic N) is 1. The van der Waals surface area contributed by atoms with Gasteiger partial charge >= 0.3 is 5.97 Å². The first-order chi connectivity index (χ1) is 11.6. The van der Waals surface area contributed by atoms with Gasteiger partial charge in [-0.15, -0.1) is 0 Å². The highest BCUT2D eigenvalue weighted by Gasteiger charge is 2.30. The van der Waals surface area contributed by atoms with Gasteiger partial charge in [0.15, 0.2) is 0 Å². The van der Waals surface area contributed by atoms with Crippen molar-refractivity contribution in [3.8, 4) is 0 Å². The van der Waals surface area contributed by atoms with Crippen LogP contribution in [0.4, 0.5) is 11.4 Å². The van der Waals surface area contributed by atoms with Gasteiger partial charge in [-0.05, 0) is 44.2 Å². The number of esters is 1. The Morgan fingerprint density at radius 2 is 2.12 bits per heavy atom. The predicted molar refractivity (Wildman–Crippen MR) is 97.7 cm³/mol. The molecule has 0 fully saturated rings. The summed E-state index contributed by atoms with van der Waals surface area (Å²) in [5.74, 6) is -0.350. The summed E-state index contributed by atoms with van der Waals surface area (Å²) in [6.07, 6.45) is 1.72. The minimum Gasteiger partial charge on any atom is -0.463 e. The van der Waals surface area contributed by atoms with E-state index in [0.717, 1.165) is 27.2 Å². The average molecular weight is 388 g/mol. The molecule has 0 bridgehead atoms. The second kappa shape index (κ2) is 7.05. The Hall–Kier alpha value is -2.34. The van der Waals surface area contributed by atoms with Gasteiger partial charge < -0.3 is 15.4 Å². The minimum absolute atomic E-state index is 0.322. The van der Waals surface area contributed by atoms with Gasteiger partial charge in [0.1, 0.15) is 6.04 Å². The number of allylic oxidation sites excluding steroid dienone is 1. The highest BCUT2D eigenvalue weighted by Crippen LogP contribution is 2.37. The molecule has 1 aliphatic heterocycles. The summed E-state index contributed by atoms with van der Waals surface area (Å²) in [4.78, 5) is 17.0. The molecule has 1 aromatic carbocycles. The molecule has 24 heavy (non-hydrogen) atoms. The Morgan fingerprint density at radius 3 is 2.83 bits per heavy atom. The Kier molecular flexibility index (Phi) is 4.85. The zero-order valence-corrected chi connectivity index (χ0v) is 15.1. The highest BCUT2D eigenvalue weighted by molar-refractivity contribution is 9.10. The van der Waals surface area contributed by atoms with E-state index in [1.165, 1.54) is 0 Å². The molecule has 1 unspecified atom stereocenters. The van der Waals surface area contributed by atoms with Crippen molar-refractivity contribution in [3.05, 3.63) is 64.0 Å². The summed E-state index contributed by atoms with van der Waals surface area (Å²) < 4.78 is 6.22. The number of pyridine rings is 1. The molecule has 0 saturated heterocycles. The van der Waals surface area contributed by atoms with Gasteiger partial charge in [0.25, 0.3) is 0 Å². The fourth-order valence-corrected chi connectivity index (χ4v) is 3.07. The summed E-state index contributed by atoms with van der Waals surface area (Å²) in [5, 5.41) is 6.73. The number of hydrogen-bond acceptors (Lipinski definition) is 5. The number of halogens is 1. The van der Waals surface area contributed by atoms with Crippen LogP contribution in [-0.4, -0.2) is 17.6 Å². The van der Waals surface area contributed by atoms with Crippen LogP contribution >= 0.6 is 15.9 Å². The van der Waals surface area contributed by atoms with Crippen molar-refractivity contribution in [1.82, 2.24) is 4.98 Å². The topological polar surface area (TPSA) is 63.2 Å². The molecular weight excluding hydrogens is 370 g/mol. The molecule has 0 saturated carbocycles. The number of fused-ring (bicyclic) bond motifs is 1. The number of ether oxygens (including phenoxy) is 1. The lowest BCUT2D eigenvalue weighted by Crippen LogP contribution is -2.22. The van der Waals surface area contributed by atoms with Crippen molar-refractivity contribution in [2.45, 2.75) is 19.9 Å². The number of hydrogen-bond donors (Lipinski definition) is 2. The Morgan fingerprint density at radius 1 is 1.29 bits per heavy atom. The zero-order chi connectivity index (χ0) is 17.1. The molecule has 0 aliphatic carbocycles. The molecule has 5 nitrogen and oxygen atoms in total.